The topological polar surface area (TPSA) is 69.6 Å². The van der Waals surface area contributed by atoms with Gasteiger partial charge in [0.05, 0.1) is 6.04 Å². The Morgan fingerprint density at radius 2 is 2.10 bits per heavy atom. The van der Waals surface area contributed by atoms with Crippen molar-refractivity contribution in [3.05, 3.63) is 35.9 Å². The molecule has 0 spiro atoms. The number of likely N-dealkylation sites (tertiary alicyclic amines) is 1. The third kappa shape index (κ3) is 3.57. The van der Waals surface area contributed by atoms with E-state index >= 15 is 0 Å². The summed E-state index contributed by atoms with van der Waals surface area (Å²) in [6, 6.07) is 8.92. The van der Waals surface area contributed by atoms with Crippen molar-refractivity contribution in [2.24, 2.45) is 0 Å². The number of rotatable bonds is 5. The first-order valence-corrected chi connectivity index (χ1v) is 6.89. The molecule has 0 unspecified atom stereocenters. The molecule has 1 fully saturated rings. The van der Waals surface area contributed by atoms with Crippen molar-refractivity contribution in [2.45, 2.75) is 38.4 Å². The van der Waals surface area contributed by atoms with Gasteiger partial charge in [0.15, 0.2) is 0 Å². The average Bonchev–Trinajstić information content (AvgIpc) is 2.88. The summed E-state index contributed by atoms with van der Waals surface area (Å²) in [5.41, 5.74) is 1.17. The van der Waals surface area contributed by atoms with Crippen LogP contribution < -0.4 is 5.32 Å². The van der Waals surface area contributed by atoms with E-state index in [4.69, 9.17) is 5.11 Å². The van der Waals surface area contributed by atoms with E-state index in [-0.39, 0.29) is 11.9 Å². The van der Waals surface area contributed by atoms with Crippen LogP contribution in [0.1, 0.15) is 25.3 Å². The summed E-state index contributed by atoms with van der Waals surface area (Å²) >= 11 is 0. The molecule has 5 nitrogen and oxygen atoms in total. The Hall–Kier alpha value is -1.88. The van der Waals surface area contributed by atoms with Crippen LogP contribution in [0.5, 0.6) is 0 Å². The monoisotopic (exact) mass is 276 g/mol. The molecule has 0 aliphatic carbocycles. The van der Waals surface area contributed by atoms with Crippen LogP contribution in [0.25, 0.3) is 0 Å². The lowest BCUT2D eigenvalue weighted by atomic mass is 10.1. The lowest BCUT2D eigenvalue weighted by Crippen LogP contribution is -2.48. The number of hydrogen-bond donors (Lipinski definition) is 2. The molecule has 108 valence electrons. The van der Waals surface area contributed by atoms with Crippen LogP contribution in [-0.2, 0) is 16.1 Å². The van der Waals surface area contributed by atoms with Gasteiger partial charge in [-0.25, -0.2) is 0 Å². The van der Waals surface area contributed by atoms with Crippen LogP contribution in [0.2, 0.25) is 0 Å². The first kappa shape index (κ1) is 14.5. The van der Waals surface area contributed by atoms with Gasteiger partial charge >= 0.3 is 5.97 Å². The molecule has 1 saturated heterocycles. The summed E-state index contributed by atoms with van der Waals surface area (Å²) in [6.07, 6.45) is 1.75. The third-order valence-electron chi connectivity index (χ3n) is 3.62. The molecule has 1 amide bonds. The van der Waals surface area contributed by atoms with E-state index in [1.807, 2.05) is 30.3 Å². The molecule has 20 heavy (non-hydrogen) atoms. The molecule has 5 heteroatoms. The Morgan fingerprint density at radius 1 is 1.40 bits per heavy atom. The standard InChI is InChI=1S/C15H20N2O3/c1-11(15(19)20)16-14(18)13-8-5-9-17(13)10-12-6-3-2-4-7-12/h2-4,6-7,11,13H,5,8-10H2,1H3,(H,16,18)(H,19,20)/t11-,13-/m0/s1. The molecule has 1 aliphatic rings. The fourth-order valence-electron chi connectivity index (χ4n) is 2.50. The van der Waals surface area contributed by atoms with Crippen LogP contribution in [0, 0.1) is 0 Å². The van der Waals surface area contributed by atoms with Crippen molar-refractivity contribution in [2.75, 3.05) is 6.54 Å². The van der Waals surface area contributed by atoms with Gasteiger partial charge in [0, 0.05) is 6.54 Å². The highest BCUT2D eigenvalue weighted by atomic mass is 16.4. The van der Waals surface area contributed by atoms with E-state index in [9.17, 15) is 9.59 Å². The average molecular weight is 276 g/mol. The number of nitrogens with one attached hydrogen (secondary N) is 1. The van der Waals surface area contributed by atoms with Crippen LogP contribution in [0.3, 0.4) is 0 Å². The number of carboxylic acids is 1. The predicted octanol–water partition coefficient (Wildman–Crippen LogP) is 1.24. The largest absolute Gasteiger partial charge is 0.480 e. The number of hydrogen-bond acceptors (Lipinski definition) is 3. The summed E-state index contributed by atoms with van der Waals surface area (Å²) in [6.45, 7) is 3.07. The minimum absolute atomic E-state index is 0.187. The quantitative estimate of drug-likeness (QED) is 0.849. The van der Waals surface area contributed by atoms with Crippen LogP contribution in [0.15, 0.2) is 30.3 Å². The van der Waals surface area contributed by atoms with Gasteiger partial charge in [0.1, 0.15) is 6.04 Å². The molecule has 1 aromatic rings. The van der Waals surface area contributed by atoms with E-state index in [0.717, 1.165) is 25.9 Å². The summed E-state index contributed by atoms with van der Waals surface area (Å²) in [4.78, 5) is 25.0. The van der Waals surface area contributed by atoms with E-state index in [0.29, 0.717) is 0 Å². The first-order chi connectivity index (χ1) is 9.58. The molecule has 0 saturated carbocycles. The van der Waals surface area contributed by atoms with E-state index in [1.54, 1.807) is 0 Å². The molecule has 1 aliphatic heterocycles. The molecule has 0 radical (unpaired) electrons. The Balaban J connectivity index is 1.96. The normalized spacial score (nSPS) is 20.6. The van der Waals surface area contributed by atoms with Gasteiger partial charge in [-0.2, -0.15) is 0 Å². The highest BCUT2D eigenvalue weighted by molar-refractivity contribution is 5.86. The number of benzene rings is 1. The smallest absolute Gasteiger partial charge is 0.325 e. The lowest BCUT2D eigenvalue weighted by molar-refractivity contribution is -0.142. The number of nitrogens with zero attached hydrogens (tertiary/aromatic N) is 1. The highest BCUT2D eigenvalue weighted by Crippen LogP contribution is 2.20. The first-order valence-electron chi connectivity index (χ1n) is 6.89. The van der Waals surface area contributed by atoms with Gasteiger partial charge < -0.3 is 10.4 Å². The third-order valence-corrected chi connectivity index (χ3v) is 3.62. The second kappa shape index (κ2) is 6.52. The van der Waals surface area contributed by atoms with Gasteiger partial charge in [0.2, 0.25) is 5.91 Å². The van der Waals surface area contributed by atoms with Crippen LogP contribution in [-0.4, -0.2) is 40.5 Å². The maximum Gasteiger partial charge on any atom is 0.325 e. The van der Waals surface area contributed by atoms with Crippen LogP contribution >= 0.6 is 0 Å². The van der Waals surface area contributed by atoms with Gasteiger partial charge in [-0.05, 0) is 31.9 Å². The minimum Gasteiger partial charge on any atom is -0.480 e. The van der Waals surface area contributed by atoms with Gasteiger partial charge in [-0.1, -0.05) is 30.3 Å². The molecule has 0 aromatic heterocycles. The second-order valence-corrected chi connectivity index (χ2v) is 5.18. The highest BCUT2D eigenvalue weighted by Gasteiger charge is 2.31. The van der Waals surface area contributed by atoms with Crippen molar-refractivity contribution in [3.63, 3.8) is 0 Å². The Bertz CT molecular complexity index is 475. The number of aliphatic carboxylic acids is 1. The number of amides is 1. The molecule has 0 bridgehead atoms. The van der Waals surface area contributed by atoms with Gasteiger partial charge in [0.25, 0.3) is 0 Å². The summed E-state index contributed by atoms with van der Waals surface area (Å²) in [5, 5.41) is 11.4. The zero-order chi connectivity index (χ0) is 14.5. The molecular weight excluding hydrogens is 256 g/mol. The molecule has 2 N–H and O–H groups in total. The zero-order valence-corrected chi connectivity index (χ0v) is 11.6. The number of carbonyl (C=O) groups is 2. The maximum atomic E-state index is 12.1. The Kier molecular flexibility index (Phi) is 4.74. The van der Waals surface area contributed by atoms with Crippen LogP contribution in [0.4, 0.5) is 0 Å². The lowest BCUT2D eigenvalue weighted by Gasteiger charge is -2.24. The Labute approximate surface area is 118 Å². The van der Waals surface area contributed by atoms with Crippen molar-refractivity contribution < 1.29 is 14.7 Å². The van der Waals surface area contributed by atoms with Gasteiger partial charge in [-0.15, -0.1) is 0 Å². The fourth-order valence-corrected chi connectivity index (χ4v) is 2.50. The molecule has 2 rings (SSSR count). The summed E-state index contributed by atoms with van der Waals surface area (Å²) in [7, 11) is 0. The number of carbonyl (C=O) groups excluding carboxylic acids is 1. The number of carboxylic acid groups (broad SMARTS) is 1. The molecule has 1 heterocycles. The second-order valence-electron chi connectivity index (χ2n) is 5.18. The SMILES string of the molecule is C[C@H](NC(=O)[C@@H]1CCCN1Cc1ccccc1)C(=O)O. The molecule has 1 aromatic carbocycles. The van der Waals surface area contributed by atoms with E-state index in [2.05, 4.69) is 10.2 Å². The fraction of sp³-hybridized carbons (Fsp3) is 0.467. The predicted molar refractivity (Wildman–Crippen MR) is 75.1 cm³/mol. The van der Waals surface area contributed by atoms with Crippen molar-refractivity contribution in [3.8, 4) is 0 Å². The summed E-state index contributed by atoms with van der Waals surface area (Å²) < 4.78 is 0. The van der Waals surface area contributed by atoms with E-state index < -0.39 is 12.0 Å². The van der Waals surface area contributed by atoms with E-state index in [1.165, 1.54) is 12.5 Å². The summed E-state index contributed by atoms with van der Waals surface area (Å²) in [5.74, 6) is -1.20. The maximum absolute atomic E-state index is 12.1. The van der Waals surface area contributed by atoms with Crippen molar-refractivity contribution in [1.29, 1.82) is 0 Å². The Morgan fingerprint density at radius 3 is 2.75 bits per heavy atom. The van der Waals surface area contributed by atoms with Gasteiger partial charge in [-0.3, -0.25) is 14.5 Å². The molecule has 2 atom stereocenters. The zero-order valence-electron chi connectivity index (χ0n) is 11.6. The minimum atomic E-state index is -1.01. The van der Waals surface area contributed by atoms with Crippen molar-refractivity contribution >= 4 is 11.9 Å². The van der Waals surface area contributed by atoms with Crippen molar-refractivity contribution in [1.82, 2.24) is 10.2 Å². The molecular formula is C15H20N2O3.